The van der Waals surface area contributed by atoms with Crippen LogP contribution in [0.4, 0.5) is 0 Å². The van der Waals surface area contributed by atoms with Crippen LogP contribution in [0.25, 0.3) is 22.1 Å². The van der Waals surface area contributed by atoms with E-state index in [9.17, 15) is 9.59 Å². The zero-order valence-electron chi connectivity index (χ0n) is 14.5. The number of hydrogen-bond acceptors (Lipinski definition) is 4. The van der Waals surface area contributed by atoms with E-state index in [0.29, 0.717) is 38.7 Å². The van der Waals surface area contributed by atoms with Crippen molar-refractivity contribution in [2.45, 2.75) is 5.33 Å². The molecule has 2 aromatic rings. The third kappa shape index (κ3) is 2.84. The highest BCUT2D eigenvalue weighted by molar-refractivity contribution is 9.08. The van der Waals surface area contributed by atoms with Crippen LogP contribution in [0.2, 0.25) is 0 Å². The van der Waals surface area contributed by atoms with Crippen molar-refractivity contribution in [1.29, 1.82) is 0 Å². The number of ketones is 1. The highest BCUT2D eigenvalue weighted by Gasteiger charge is 2.31. The Balaban J connectivity index is 1.98. The third-order valence-electron chi connectivity index (χ3n) is 4.58. The van der Waals surface area contributed by atoms with Gasteiger partial charge in [-0.2, -0.15) is 0 Å². The summed E-state index contributed by atoms with van der Waals surface area (Å²) in [5.74, 6) is -0.482. The van der Waals surface area contributed by atoms with E-state index >= 15 is 0 Å². The molecule has 0 N–H and O–H groups in total. The van der Waals surface area contributed by atoms with Gasteiger partial charge in [0.25, 0.3) is 0 Å². The van der Waals surface area contributed by atoms with Crippen LogP contribution in [-0.4, -0.2) is 18.9 Å². The Labute approximate surface area is 164 Å². The lowest BCUT2D eigenvalue weighted by atomic mass is 10.0. The van der Waals surface area contributed by atoms with Crippen molar-refractivity contribution in [3.63, 3.8) is 0 Å². The number of benzene rings is 1. The number of furan rings is 1. The summed E-state index contributed by atoms with van der Waals surface area (Å²) >= 11 is 3.43. The maximum absolute atomic E-state index is 13.4. The topological polar surface area (TPSA) is 56.5 Å². The van der Waals surface area contributed by atoms with Gasteiger partial charge in [-0.15, -0.1) is 0 Å². The largest absolute Gasteiger partial charge is 0.465 e. The summed E-state index contributed by atoms with van der Waals surface area (Å²) in [5, 5.41) is 1.20. The second-order valence-electron chi connectivity index (χ2n) is 6.07. The van der Waals surface area contributed by atoms with Gasteiger partial charge in [-0.3, -0.25) is 4.79 Å². The molecule has 1 aromatic carbocycles. The van der Waals surface area contributed by atoms with Crippen molar-refractivity contribution in [2.75, 3.05) is 7.11 Å². The lowest BCUT2D eigenvalue weighted by Crippen LogP contribution is -2.06. The van der Waals surface area contributed by atoms with Crippen LogP contribution < -0.4 is 0 Å². The molecule has 0 amide bonds. The standard InChI is InChI=1S/C22H15BrO4/c1-26-22(25)20-15-9-4-2-3-8-14(15)19(16(20)12-23)21(24)18-11-13-7-5-6-10-17(13)27-18/h2-11H,12H2,1H3. The van der Waals surface area contributed by atoms with Crippen LogP contribution in [0.5, 0.6) is 0 Å². The third-order valence-corrected chi connectivity index (χ3v) is 5.14. The molecule has 4 rings (SSSR count). The minimum Gasteiger partial charge on any atom is -0.465 e. The van der Waals surface area contributed by atoms with E-state index < -0.39 is 5.97 Å². The summed E-state index contributed by atoms with van der Waals surface area (Å²) in [6.45, 7) is 0. The summed E-state index contributed by atoms with van der Waals surface area (Å²) < 4.78 is 10.7. The number of esters is 1. The fourth-order valence-corrected chi connectivity index (χ4v) is 3.94. The molecular weight excluding hydrogens is 408 g/mol. The molecule has 27 heavy (non-hydrogen) atoms. The highest BCUT2D eigenvalue weighted by Crippen LogP contribution is 2.39. The fraction of sp³-hybridized carbons (Fsp3) is 0.0909. The van der Waals surface area contributed by atoms with Crippen molar-refractivity contribution in [3.05, 3.63) is 83.1 Å². The van der Waals surface area contributed by atoms with Gasteiger partial charge in [-0.1, -0.05) is 64.5 Å². The number of methoxy groups -OCH3 is 1. The molecule has 134 valence electrons. The average molecular weight is 423 g/mol. The van der Waals surface area contributed by atoms with Crippen LogP contribution in [0.15, 0.2) is 65.1 Å². The Kier molecular flexibility index (Phi) is 4.54. The SMILES string of the molecule is COC(=O)c1c2cccccc-2c(C(=O)c2cc3ccccc3o2)c1CBr. The number of carbonyl (C=O) groups is 2. The molecule has 0 aliphatic heterocycles. The van der Waals surface area contributed by atoms with Crippen molar-refractivity contribution in [1.82, 2.24) is 0 Å². The second kappa shape index (κ2) is 7.00. The number of para-hydroxylation sites is 1. The number of halogens is 1. The maximum Gasteiger partial charge on any atom is 0.338 e. The molecule has 0 unspecified atom stereocenters. The monoisotopic (exact) mass is 422 g/mol. The van der Waals surface area contributed by atoms with Crippen LogP contribution in [0.1, 0.15) is 32.0 Å². The molecule has 2 aliphatic rings. The second-order valence-corrected chi connectivity index (χ2v) is 6.63. The molecule has 0 saturated heterocycles. The zero-order valence-corrected chi connectivity index (χ0v) is 16.1. The van der Waals surface area contributed by atoms with E-state index in [4.69, 9.17) is 9.15 Å². The van der Waals surface area contributed by atoms with Crippen molar-refractivity contribution < 1.29 is 18.7 Å². The lowest BCUT2D eigenvalue weighted by molar-refractivity contribution is 0.0601. The van der Waals surface area contributed by atoms with Gasteiger partial charge in [0.15, 0.2) is 5.76 Å². The van der Waals surface area contributed by atoms with E-state index in [1.165, 1.54) is 7.11 Å². The highest BCUT2D eigenvalue weighted by atomic mass is 79.9. The van der Waals surface area contributed by atoms with Crippen LogP contribution >= 0.6 is 15.9 Å². The summed E-state index contributed by atoms with van der Waals surface area (Å²) in [6.07, 6.45) is 0. The first-order chi connectivity index (χ1) is 13.2. The number of ether oxygens (including phenoxy) is 1. The number of fused-ring (bicyclic) bond motifs is 2. The Bertz CT molecular complexity index is 1110. The summed E-state index contributed by atoms with van der Waals surface area (Å²) in [6, 6.07) is 18.4. The van der Waals surface area contributed by atoms with Gasteiger partial charge in [-0.25, -0.2) is 4.79 Å². The van der Waals surface area contributed by atoms with Crippen molar-refractivity contribution >= 4 is 38.7 Å². The van der Waals surface area contributed by atoms with E-state index in [2.05, 4.69) is 15.9 Å². The van der Waals surface area contributed by atoms with Gasteiger partial charge in [-0.05, 0) is 28.8 Å². The van der Waals surface area contributed by atoms with Crippen molar-refractivity contribution in [2.24, 2.45) is 0 Å². The number of hydrogen-bond donors (Lipinski definition) is 0. The Morgan fingerprint density at radius 3 is 2.30 bits per heavy atom. The number of rotatable bonds is 4. The van der Waals surface area contributed by atoms with Gasteiger partial charge in [0.2, 0.25) is 5.78 Å². The maximum atomic E-state index is 13.4. The van der Waals surface area contributed by atoms with Gasteiger partial charge in [0.05, 0.1) is 12.7 Å². The van der Waals surface area contributed by atoms with Crippen LogP contribution in [0, 0.1) is 0 Å². The Morgan fingerprint density at radius 2 is 1.63 bits per heavy atom. The average Bonchev–Trinajstić information content (AvgIpc) is 3.17. The number of carbonyl (C=O) groups excluding carboxylic acids is 2. The van der Waals surface area contributed by atoms with Gasteiger partial charge >= 0.3 is 5.97 Å². The summed E-state index contributed by atoms with van der Waals surface area (Å²) in [7, 11) is 1.34. The first kappa shape index (κ1) is 17.5. The molecule has 0 bridgehead atoms. The van der Waals surface area contributed by atoms with Gasteiger partial charge in [0, 0.05) is 16.3 Å². The quantitative estimate of drug-likeness (QED) is 0.249. The van der Waals surface area contributed by atoms with Crippen molar-refractivity contribution in [3.8, 4) is 11.1 Å². The molecule has 0 spiro atoms. The van der Waals surface area contributed by atoms with Crippen LogP contribution in [0.3, 0.4) is 0 Å². The molecule has 4 nitrogen and oxygen atoms in total. The Morgan fingerprint density at radius 1 is 0.963 bits per heavy atom. The molecular formula is C22H15BrO4. The lowest BCUT2D eigenvalue weighted by Gasteiger charge is -2.02. The first-order valence-electron chi connectivity index (χ1n) is 8.37. The molecule has 5 heteroatoms. The predicted molar refractivity (Wildman–Crippen MR) is 107 cm³/mol. The molecule has 0 radical (unpaired) electrons. The summed E-state index contributed by atoms with van der Waals surface area (Å²) in [5.41, 5.74) is 3.49. The normalized spacial score (nSPS) is 11.0. The summed E-state index contributed by atoms with van der Waals surface area (Å²) in [4.78, 5) is 25.8. The van der Waals surface area contributed by atoms with Gasteiger partial charge in [0.1, 0.15) is 5.58 Å². The first-order valence-corrected chi connectivity index (χ1v) is 9.49. The van der Waals surface area contributed by atoms with Gasteiger partial charge < -0.3 is 9.15 Å². The van der Waals surface area contributed by atoms with E-state index in [1.54, 1.807) is 6.07 Å². The van der Waals surface area contributed by atoms with E-state index in [-0.39, 0.29) is 11.5 Å². The smallest absolute Gasteiger partial charge is 0.338 e. The minimum absolute atomic E-state index is 0.244. The molecule has 0 saturated carbocycles. The zero-order chi connectivity index (χ0) is 19.0. The number of alkyl halides is 1. The minimum atomic E-state index is -0.468. The molecule has 1 aromatic heterocycles. The van der Waals surface area contributed by atoms with Crippen LogP contribution in [-0.2, 0) is 10.1 Å². The molecule has 0 fully saturated rings. The van der Waals surface area contributed by atoms with E-state index in [0.717, 1.165) is 5.39 Å². The predicted octanol–water partition coefficient (Wildman–Crippen LogP) is 5.45. The molecule has 0 atom stereocenters. The molecule has 2 aliphatic carbocycles. The Hall–Kier alpha value is -2.92. The molecule has 1 heterocycles. The van der Waals surface area contributed by atoms with E-state index in [1.807, 2.05) is 54.6 Å². The fourth-order valence-electron chi connectivity index (χ4n) is 3.38.